The minimum atomic E-state index is -0.939. The van der Waals surface area contributed by atoms with E-state index in [-0.39, 0.29) is 30.4 Å². The smallest absolute Gasteiger partial charge is 0.312 e. The van der Waals surface area contributed by atoms with Gasteiger partial charge in [0.15, 0.2) is 0 Å². The highest BCUT2D eigenvalue weighted by molar-refractivity contribution is 5.82. The molecule has 4 aliphatic carbocycles. The second-order valence-electron chi connectivity index (χ2n) is 10.1. The summed E-state index contributed by atoms with van der Waals surface area (Å²) in [5.41, 5.74) is -1.97. The number of rotatable bonds is 1. The summed E-state index contributed by atoms with van der Waals surface area (Å²) in [7, 11) is 1.39. The lowest BCUT2D eigenvalue weighted by atomic mass is 9.50. The summed E-state index contributed by atoms with van der Waals surface area (Å²) in [4.78, 5) is 26.0. The number of hydrogen-bond donors (Lipinski definition) is 2. The van der Waals surface area contributed by atoms with Gasteiger partial charge in [0.25, 0.3) is 0 Å². The lowest BCUT2D eigenvalue weighted by Crippen LogP contribution is -2.61. The van der Waals surface area contributed by atoms with Crippen LogP contribution in [0.15, 0.2) is 12.2 Å². The Labute approximate surface area is 158 Å². The van der Waals surface area contributed by atoms with Crippen LogP contribution in [0.25, 0.3) is 0 Å². The molecule has 5 rings (SSSR count). The van der Waals surface area contributed by atoms with Crippen molar-refractivity contribution < 1.29 is 29.3 Å². The molecular formula is C21H28O6. The molecule has 1 aliphatic heterocycles. The highest BCUT2D eigenvalue weighted by Gasteiger charge is 2.80. The molecular weight excluding hydrogens is 348 g/mol. The molecule has 0 radical (unpaired) electrons. The van der Waals surface area contributed by atoms with E-state index >= 15 is 0 Å². The minimum absolute atomic E-state index is 0.0981. The van der Waals surface area contributed by atoms with Gasteiger partial charge in [-0.25, -0.2) is 0 Å². The van der Waals surface area contributed by atoms with E-state index in [2.05, 4.69) is 6.58 Å². The van der Waals surface area contributed by atoms with Gasteiger partial charge in [-0.1, -0.05) is 6.58 Å². The molecule has 0 unspecified atom stereocenters. The highest BCUT2D eigenvalue weighted by atomic mass is 16.5. The number of methoxy groups -OCH3 is 1. The standard InChI is InChI=1S/C21H28O6/c1-11-6-19-9-21(11,25)5-4-13(19)20-8-12(22)7-18(2,17(24)27-10-20)15(20)14(19)16(23)26-3/h12-15,22,25H,1,4-10H2,2-3H3/t12-,13-,14-,15-,18-,19+,20-,21+/m1/s1. The summed E-state index contributed by atoms with van der Waals surface area (Å²) in [6.45, 7) is 6.23. The van der Waals surface area contributed by atoms with Gasteiger partial charge in [-0.2, -0.15) is 0 Å². The van der Waals surface area contributed by atoms with Crippen LogP contribution in [0.5, 0.6) is 0 Å². The number of cyclic esters (lactones) is 1. The Morgan fingerprint density at radius 2 is 2.07 bits per heavy atom. The van der Waals surface area contributed by atoms with Crippen molar-refractivity contribution in [1.29, 1.82) is 0 Å². The van der Waals surface area contributed by atoms with Gasteiger partial charge in [0.2, 0.25) is 0 Å². The van der Waals surface area contributed by atoms with E-state index < -0.39 is 33.9 Å². The molecule has 8 atom stereocenters. The van der Waals surface area contributed by atoms with Gasteiger partial charge in [-0.05, 0) is 68.3 Å². The molecule has 148 valence electrons. The largest absolute Gasteiger partial charge is 0.469 e. The monoisotopic (exact) mass is 376 g/mol. The summed E-state index contributed by atoms with van der Waals surface area (Å²) in [6, 6.07) is 0. The van der Waals surface area contributed by atoms with Crippen molar-refractivity contribution >= 4 is 11.9 Å². The highest BCUT2D eigenvalue weighted by Crippen LogP contribution is 2.79. The minimum Gasteiger partial charge on any atom is -0.469 e. The Morgan fingerprint density at radius 1 is 1.33 bits per heavy atom. The van der Waals surface area contributed by atoms with Gasteiger partial charge in [-0.3, -0.25) is 9.59 Å². The lowest BCUT2D eigenvalue weighted by molar-refractivity contribution is -0.212. The summed E-state index contributed by atoms with van der Waals surface area (Å²) in [6.07, 6.45) is 2.68. The zero-order chi connectivity index (χ0) is 19.4. The molecule has 5 fully saturated rings. The van der Waals surface area contributed by atoms with E-state index in [0.29, 0.717) is 32.1 Å². The third kappa shape index (κ3) is 1.80. The van der Waals surface area contributed by atoms with Crippen LogP contribution in [0.2, 0.25) is 0 Å². The van der Waals surface area contributed by atoms with E-state index in [9.17, 15) is 19.8 Å². The first-order chi connectivity index (χ1) is 12.6. The zero-order valence-corrected chi connectivity index (χ0v) is 16.0. The van der Waals surface area contributed by atoms with E-state index in [1.165, 1.54) is 7.11 Å². The number of fused-ring (bicyclic) bond motifs is 1. The van der Waals surface area contributed by atoms with Crippen LogP contribution < -0.4 is 0 Å². The van der Waals surface area contributed by atoms with Gasteiger partial charge in [0.05, 0.1) is 36.8 Å². The molecule has 6 heteroatoms. The van der Waals surface area contributed by atoms with Crippen molar-refractivity contribution in [2.45, 2.75) is 57.2 Å². The summed E-state index contributed by atoms with van der Waals surface area (Å²) < 4.78 is 10.9. The average Bonchev–Trinajstić information content (AvgIpc) is 2.95. The molecule has 0 aromatic rings. The molecule has 4 saturated carbocycles. The summed E-state index contributed by atoms with van der Waals surface area (Å²) in [5.74, 6) is -1.24. The van der Waals surface area contributed by atoms with Crippen molar-refractivity contribution in [3.05, 3.63) is 12.2 Å². The number of esters is 2. The van der Waals surface area contributed by atoms with Crippen LogP contribution in [-0.4, -0.2) is 47.6 Å². The van der Waals surface area contributed by atoms with Crippen molar-refractivity contribution in [3.63, 3.8) is 0 Å². The van der Waals surface area contributed by atoms with E-state index in [4.69, 9.17) is 9.47 Å². The molecule has 4 bridgehead atoms. The molecule has 1 saturated heterocycles. The van der Waals surface area contributed by atoms with Gasteiger partial charge in [0, 0.05) is 5.41 Å². The molecule has 2 N–H and O–H groups in total. The number of aliphatic hydroxyl groups is 2. The molecule has 0 aromatic heterocycles. The van der Waals surface area contributed by atoms with Gasteiger partial charge < -0.3 is 19.7 Å². The third-order valence-electron chi connectivity index (χ3n) is 8.98. The third-order valence-corrected chi connectivity index (χ3v) is 8.98. The van der Waals surface area contributed by atoms with E-state index in [1.807, 2.05) is 6.92 Å². The van der Waals surface area contributed by atoms with E-state index in [1.54, 1.807) is 0 Å². The maximum Gasteiger partial charge on any atom is 0.312 e. The van der Waals surface area contributed by atoms with Crippen LogP contribution in [-0.2, 0) is 19.1 Å². The SMILES string of the molecule is C=C1C[C@]23C[C@@]1(O)CC[C@H]2[C@]12COC(=O)[C@](C)(C[C@@H](O)C1)[C@H]2[C@@H]3C(=O)OC. The van der Waals surface area contributed by atoms with Gasteiger partial charge >= 0.3 is 11.9 Å². The normalized spacial score (nSPS) is 55.6. The quantitative estimate of drug-likeness (QED) is 0.533. The van der Waals surface area contributed by atoms with Crippen molar-refractivity contribution in [2.24, 2.45) is 34.0 Å². The Morgan fingerprint density at radius 3 is 2.78 bits per heavy atom. The van der Waals surface area contributed by atoms with Gasteiger partial charge in [0.1, 0.15) is 0 Å². The van der Waals surface area contributed by atoms with Crippen molar-refractivity contribution in [1.82, 2.24) is 0 Å². The Balaban J connectivity index is 1.76. The average molecular weight is 376 g/mol. The van der Waals surface area contributed by atoms with Crippen LogP contribution in [0, 0.1) is 34.0 Å². The number of aliphatic hydroxyl groups excluding tert-OH is 1. The van der Waals surface area contributed by atoms with Gasteiger partial charge in [-0.15, -0.1) is 0 Å². The predicted molar refractivity (Wildman–Crippen MR) is 94.2 cm³/mol. The number of carbonyl (C=O) groups is 2. The molecule has 0 aromatic carbocycles. The van der Waals surface area contributed by atoms with Crippen LogP contribution in [0.4, 0.5) is 0 Å². The van der Waals surface area contributed by atoms with E-state index in [0.717, 1.165) is 12.0 Å². The Hall–Kier alpha value is -1.40. The maximum absolute atomic E-state index is 13.1. The molecule has 27 heavy (non-hydrogen) atoms. The Bertz CT molecular complexity index is 762. The van der Waals surface area contributed by atoms with Crippen LogP contribution >= 0.6 is 0 Å². The molecule has 6 nitrogen and oxygen atoms in total. The van der Waals surface area contributed by atoms with Crippen LogP contribution in [0.3, 0.4) is 0 Å². The fourth-order valence-electron chi connectivity index (χ4n) is 8.37. The topological polar surface area (TPSA) is 93.1 Å². The first-order valence-electron chi connectivity index (χ1n) is 9.97. The maximum atomic E-state index is 13.1. The summed E-state index contributed by atoms with van der Waals surface area (Å²) in [5, 5.41) is 21.8. The molecule has 1 heterocycles. The summed E-state index contributed by atoms with van der Waals surface area (Å²) >= 11 is 0. The molecule has 5 aliphatic rings. The predicted octanol–water partition coefficient (Wildman–Crippen LogP) is 1.59. The first kappa shape index (κ1) is 17.7. The second kappa shape index (κ2) is 4.95. The molecule has 0 amide bonds. The first-order valence-corrected chi connectivity index (χ1v) is 9.97. The Kier molecular flexibility index (Phi) is 3.24. The number of carbonyl (C=O) groups excluding carboxylic acids is 2. The molecule has 1 spiro atoms. The zero-order valence-electron chi connectivity index (χ0n) is 16.0. The fourth-order valence-corrected chi connectivity index (χ4v) is 8.37. The van der Waals surface area contributed by atoms with Crippen LogP contribution in [0.1, 0.15) is 45.4 Å². The second-order valence-corrected chi connectivity index (χ2v) is 10.1. The van der Waals surface area contributed by atoms with Crippen molar-refractivity contribution in [3.8, 4) is 0 Å². The lowest BCUT2D eigenvalue weighted by Gasteiger charge is -2.57. The fraction of sp³-hybridized carbons (Fsp3) is 0.810. The van der Waals surface area contributed by atoms with Crippen molar-refractivity contribution in [2.75, 3.05) is 13.7 Å². The number of ether oxygens (including phenoxy) is 2. The number of hydrogen-bond acceptors (Lipinski definition) is 6.